The zero-order chi connectivity index (χ0) is 17.9. The van der Waals surface area contributed by atoms with Crippen LogP contribution in [0, 0.1) is 13.8 Å². The van der Waals surface area contributed by atoms with Crippen LogP contribution in [0.2, 0.25) is 0 Å². The second-order valence-electron chi connectivity index (χ2n) is 5.25. The molecule has 0 unspecified atom stereocenters. The number of anilines is 1. The molecule has 0 heterocycles. The number of carbonyl (C=O) groups is 2. The van der Waals surface area contributed by atoms with E-state index in [0.29, 0.717) is 10.2 Å². The average Bonchev–Trinajstić information content (AvgIpc) is 2.51. The van der Waals surface area contributed by atoms with Gasteiger partial charge in [0.05, 0.1) is 10.2 Å². The lowest BCUT2D eigenvalue weighted by molar-refractivity contribution is -0.119. The highest BCUT2D eigenvalue weighted by atomic mass is 79.9. The third kappa shape index (κ3) is 4.58. The van der Waals surface area contributed by atoms with Gasteiger partial charge < -0.3 is 15.2 Å². The number of amides is 1. The number of carbonyl (C=O) groups excluding carboxylic acids is 2. The van der Waals surface area contributed by atoms with E-state index in [0.717, 1.165) is 15.6 Å². The van der Waals surface area contributed by atoms with Crippen LogP contribution >= 0.6 is 31.9 Å². The van der Waals surface area contributed by atoms with Gasteiger partial charge in [0.2, 0.25) is 0 Å². The van der Waals surface area contributed by atoms with E-state index >= 15 is 0 Å². The minimum atomic E-state index is -0.768. The number of esters is 1. The van der Waals surface area contributed by atoms with Crippen LogP contribution in [0.15, 0.2) is 39.3 Å². The second-order valence-corrected chi connectivity index (χ2v) is 6.96. The molecule has 126 valence electrons. The summed E-state index contributed by atoms with van der Waals surface area (Å²) in [5, 5.41) is 12.5. The molecule has 0 aliphatic carbocycles. The molecule has 2 aromatic carbocycles. The lowest BCUT2D eigenvalue weighted by atomic mass is 10.1. The van der Waals surface area contributed by atoms with Crippen LogP contribution in [-0.4, -0.2) is 23.6 Å². The van der Waals surface area contributed by atoms with Crippen molar-refractivity contribution in [2.45, 2.75) is 13.8 Å². The molecule has 0 aliphatic heterocycles. The molecule has 5 nitrogen and oxygen atoms in total. The predicted octanol–water partition coefficient (Wildman–Crippen LogP) is 4.33. The number of halogens is 2. The summed E-state index contributed by atoms with van der Waals surface area (Å²) in [6.07, 6.45) is 0. The highest BCUT2D eigenvalue weighted by Gasteiger charge is 2.17. The second kappa shape index (κ2) is 7.81. The van der Waals surface area contributed by atoms with Gasteiger partial charge in [-0.25, -0.2) is 4.79 Å². The van der Waals surface area contributed by atoms with Crippen LogP contribution in [0.3, 0.4) is 0 Å². The maximum atomic E-state index is 12.0. The predicted molar refractivity (Wildman–Crippen MR) is 98.3 cm³/mol. The summed E-state index contributed by atoms with van der Waals surface area (Å²) in [4.78, 5) is 24.0. The van der Waals surface area contributed by atoms with E-state index in [4.69, 9.17) is 4.74 Å². The normalized spacial score (nSPS) is 10.3. The molecule has 0 atom stereocenters. The molecular formula is C17H15Br2NO4. The van der Waals surface area contributed by atoms with E-state index in [2.05, 4.69) is 37.2 Å². The molecule has 0 spiro atoms. The van der Waals surface area contributed by atoms with Crippen LogP contribution in [0.1, 0.15) is 21.5 Å². The molecule has 24 heavy (non-hydrogen) atoms. The lowest BCUT2D eigenvalue weighted by Gasteiger charge is -2.10. The summed E-state index contributed by atoms with van der Waals surface area (Å²) < 4.78 is 6.10. The van der Waals surface area contributed by atoms with Crippen molar-refractivity contribution >= 4 is 49.4 Å². The standard InChI is InChI=1S/C17H15Br2NO4/c1-9-3-4-14(12(18)6-9)20-15(21)8-24-17(23)11-5-10(2)7-13(19)16(11)22/h3-7,22H,8H2,1-2H3,(H,20,21). The monoisotopic (exact) mass is 455 g/mol. The molecule has 0 bridgehead atoms. The minimum Gasteiger partial charge on any atom is -0.506 e. The first-order valence-corrected chi connectivity index (χ1v) is 8.58. The number of aromatic hydroxyl groups is 1. The van der Waals surface area contributed by atoms with Crippen molar-refractivity contribution in [3.63, 3.8) is 0 Å². The van der Waals surface area contributed by atoms with Crippen LogP contribution in [0.5, 0.6) is 5.75 Å². The van der Waals surface area contributed by atoms with Gasteiger partial charge in [-0.1, -0.05) is 6.07 Å². The van der Waals surface area contributed by atoms with E-state index in [-0.39, 0.29) is 11.3 Å². The fourth-order valence-corrected chi connectivity index (χ4v) is 3.17. The SMILES string of the molecule is Cc1ccc(NC(=O)COC(=O)c2cc(C)cc(Br)c2O)c(Br)c1. The van der Waals surface area contributed by atoms with E-state index in [1.54, 1.807) is 19.1 Å². The Morgan fingerprint density at radius 1 is 1.08 bits per heavy atom. The molecule has 0 aliphatic rings. The maximum absolute atomic E-state index is 12.0. The summed E-state index contributed by atoms with van der Waals surface area (Å²) >= 11 is 6.52. The molecule has 0 saturated heterocycles. The fourth-order valence-electron chi connectivity index (χ4n) is 2.01. The summed E-state index contributed by atoms with van der Waals surface area (Å²) in [6.45, 7) is 3.26. The van der Waals surface area contributed by atoms with Gasteiger partial charge in [-0.05, 0) is 81.1 Å². The molecule has 2 rings (SSSR count). The van der Waals surface area contributed by atoms with E-state index in [9.17, 15) is 14.7 Å². The van der Waals surface area contributed by atoms with Crippen molar-refractivity contribution in [2.24, 2.45) is 0 Å². The zero-order valence-electron chi connectivity index (χ0n) is 13.0. The van der Waals surface area contributed by atoms with Crippen LogP contribution in [0.4, 0.5) is 5.69 Å². The zero-order valence-corrected chi connectivity index (χ0v) is 16.2. The topological polar surface area (TPSA) is 75.6 Å². The van der Waals surface area contributed by atoms with Crippen molar-refractivity contribution in [2.75, 3.05) is 11.9 Å². The Kier molecular flexibility index (Phi) is 6.01. The first kappa shape index (κ1) is 18.5. The molecule has 2 aromatic rings. The first-order valence-electron chi connectivity index (χ1n) is 7.00. The molecule has 7 heteroatoms. The highest BCUT2D eigenvalue weighted by Crippen LogP contribution is 2.30. The van der Waals surface area contributed by atoms with Crippen LogP contribution in [-0.2, 0) is 9.53 Å². The van der Waals surface area contributed by atoms with Gasteiger partial charge in [0, 0.05) is 4.47 Å². The smallest absolute Gasteiger partial charge is 0.342 e. The van der Waals surface area contributed by atoms with Gasteiger partial charge in [0.25, 0.3) is 5.91 Å². The quantitative estimate of drug-likeness (QED) is 0.671. The number of nitrogens with one attached hydrogen (secondary N) is 1. The molecule has 2 N–H and O–H groups in total. The summed E-state index contributed by atoms with van der Waals surface area (Å²) in [6, 6.07) is 8.64. The van der Waals surface area contributed by atoms with Crippen LogP contribution < -0.4 is 5.32 Å². The number of aryl methyl sites for hydroxylation is 2. The number of ether oxygens (including phenoxy) is 1. The highest BCUT2D eigenvalue weighted by molar-refractivity contribution is 9.11. The third-order valence-corrected chi connectivity index (χ3v) is 4.42. The van der Waals surface area contributed by atoms with Gasteiger partial charge in [-0.15, -0.1) is 0 Å². The fraction of sp³-hybridized carbons (Fsp3) is 0.176. The number of hydrogen-bond donors (Lipinski definition) is 2. The Labute approximate surface area is 156 Å². The van der Waals surface area contributed by atoms with Gasteiger partial charge in [-0.3, -0.25) is 4.79 Å². The Bertz CT molecular complexity index is 805. The molecule has 0 aromatic heterocycles. The molecule has 0 saturated carbocycles. The Morgan fingerprint density at radius 2 is 1.75 bits per heavy atom. The summed E-state index contributed by atoms with van der Waals surface area (Å²) in [7, 11) is 0. The van der Waals surface area contributed by atoms with Crippen molar-refractivity contribution in [3.05, 3.63) is 56.0 Å². The number of benzene rings is 2. The third-order valence-electron chi connectivity index (χ3n) is 3.16. The number of phenols is 1. The van der Waals surface area contributed by atoms with Crippen molar-refractivity contribution in [1.82, 2.24) is 0 Å². The Morgan fingerprint density at radius 3 is 2.42 bits per heavy atom. The maximum Gasteiger partial charge on any atom is 0.342 e. The van der Waals surface area contributed by atoms with E-state index in [1.807, 2.05) is 19.1 Å². The Hall–Kier alpha value is -1.86. The number of rotatable bonds is 4. The van der Waals surface area contributed by atoms with Crippen molar-refractivity contribution in [3.8, 4) is 5.75 Å². The average molecular weight is 457 g/mol. The molecule has 0 fully saturated rings. The van der Waals surface area contributed by atoms with Crippen molar-refractivity contribution in [1.29, 1.82) is 0 Å². The summed E-state index contributed by atoms with van der Waals surface area (Å²) in [5.41, 5.74) is 2.42. The molecule has 1 amide bonds. The molecular weight excluding hydrogens is 442 g/mol. The molecule has 0 radical (unpaired) electrons. The van der Waals surface area contributed by atoms with E-state index in [1.165, 1.54) is 6.07 Å². The Balaban J connectivity index is 2.00. The first-order chi connectivity index (χ1) is 11.3. The van der Waals surface area contributed by atoms with Crippen LogP contribution in [0.25, 0.3) is 0 Å². The summed E-state index contributed by atoms with van der Waals surface area (Å²) in [5.74, 6) is -1.46. The van der Waals surface area contributed by atoms with Gasteiger partial charge >= 0.3 is 5.97 Å². The van der Waals surface area contributed by atoms with Crippen molar-refractivity contribution < 1.29 is 19.4 Å². The van der Waals surface area contributed by atoms with Gasteiger partial charge in [0.1, 0.15) is 11.3 Å². The van der Waals surface area contributed by atoms with E-state index < -0.39 is 18.5 Å². The minimum absolute atomic E-state index is 0.00573. The number of phenolic OH excluding ortho intramolecular Hbond substituents is 1. The largest absolute Gasteiger partial charge is 0.506 e. The van der Waals surface area contributed by atoms with Gasteiger partial charge in [0.15, 0.2) is 6.61 Å². The lowest BCUT2D eigenvalue weighted by Crippen LogP contribution is -2.21. The number of hydrogen-bond acceptors (Lipinski definition) is 4. The van der Waals surface area contributed by atoms with Gasteiger partial charge in [-0.2, -0.15) is 0 Å².